The zero-order chi connectivity index (χ0) is 23.4. The van der Waals surface area contributed by atoms with E-state index in [1.54, 1.807) is 30.3 Å². The first kappa shape index (κ1) is 21.7. The van der Waals surface area contributed by atoms with Gasteiger partial charge in [-0.25, -0.2) is 4.98 Å². The number of carbonyl (C=O) groups is 3. The molecule has 0 unspecified atom stereocenters. The molecule has 7 nitrogen and oxygen atoms in total. The summed E-state index contributed by atoms with van der Waals surface area (Å²) in [7, 11) is 0. The van der Waals surface area contributed by atoms with Crippen molar-refractivity contribution in [2.75, 3.05) is 5.32 Å². The van der Waals surface area contributed by atoms with Gasteiger partial charge in [-0.2, -0.15) is 0 Å². The Labute approximate surface area is 190 Å². The molecule has 3 aromatic carbocycles. The first-order chi connectivity index (χ1) is 15.9. The summed E-state index contributed by atoms with van der Waals surface area (Å²) in [6.07, 6.45) is 0. The average molecular weight is 438 g/mol. The van der Waals surface area contributed by atoms with Gasteiger partial charge in [0.15, 0.2) is 0 Å². The van der Waals surface area contributed by atoms with Gasteiger partial charge in [0, 0.05) is 29.1 Å². The maximum absolute atomic E-state index is 13.0. The fourth-order valence-electron chi connectivity index (χ4n) is 3.40. The number of carbonyl (C=O) groups excluding carboxylic acids is 3. The maximum Gasteiger partial charge on any atom is 0.270 e. The Morgan fingerprint density at radius 2 is 1.45 bits per heavy atom. The van der Waals surface area contributed by atoms with E-state index in [1.807, 2.05) is 55.5 Å². The van der Waals surface area contributed by atoms with Gasteiger partial charge >= 0.3 is 0 Å². The van der Waals surface area contributed by atoms with Crippen LogP contribution < -0.4 is 16.2 Å². The van der Waals surface area contributed by atoms with Crippen molar-refractivity contribution in [3.63, 3.8) is 0 Å². The van der Waals surface area contributed by atoms with E-state index in [-0.39, 0.29) is 5.91 Å². The second kappa shape index (κ2) is 9.32. The fraction of sp³-hybridized carbons (Fsp3) is 0.0769. The quantitative estimate of drug-likeness (QED) is 0.415. The highest BCUT2D eigenvalue weighted by Gasteiger charge is 2.15. The van der Waals surface area contributed by atoms with Crippen molar-refractivity contribution in [1.29, 1.82) is 0 Å². The smallest absolute Gasteiger partial charge is 0.270 e. The summed E-state index contributed by atoms with van der Waals surface area (Å²) in [6, 6.07) is 23.3. The van der Waals surface area contributed by atoms with Crippen LogP contribution in [0.2, 0.25) is 0 Å². The highest BCUT2D eigenvalue weighted by atomic mass is 16.2. The largest absolute Gasteiger partial charge is 0.326 e. The molecule has 0 spiro atoms. The lowest BCUT2D eigenvalue weighted by Crippen LogP contribution is -2.41. The summed E-state index contributed by atoms with van der Waals surface area (Å²) < 4.78 is 0. The van der Waals surface area contributed by atoms with E-state index in [1.165, 1.54) is 6.92 Å². The third-order valence-corrected chi connectivity index (χ3v) is 5.07. The standard InChI is InChI=1S/C26H22N4O3/c1-16-7-9-18(10-8-16)24-15-22(21-5-3-4-6-23(21)28-24)26(33)30-29-25(32)19-11-13-20(14-12-19)27-17(2)31/h3-15H,1-2H3,(H,27,31)(H,29,32)(H,30,33). The van der Waals surface area contributed by atoms with Crippen molar-refractivity contribution >= 4 is 34.3 Å². The molecular weight excluding hydrogens is 416 g/mol. The number of aryl methyl sites for hydroxylation is 1. The minimum atomic E-state index is -0.477. The SMILES string of the molecule is CC(=O)Nc1ccc(C(=O)NNC(=O)c2cc(-c3ccc(C)cc3)nc3ccccc23)cc1. The van der Waals surface area contributed by atoms with Gasteiger partial charge in [-0.05, 0) is 43.3 Å². The van der Waals surface area contributed by atoms with Crippen LogP contribution in [0.1, 0.15) is 33.2 Å². The molecule has 1 aromatic heterocycles. The van der Waals surface area contributed by atoms with E-state index in [9.17, 15) is 14.4 Å². The Balaban J connectivity index is 1.55. The number of benzene rings is 3. The second-order valence-electron chi connectivity index (χ2n) is 7.61. The number of hydrogen-bond acceptors (Lipinski definition) is 4. The van der Waals surface area contributed by atoms with Gasteiger partial charge in [0.1, 0.15) is 0 Å². The lowest BCUT2D eigenvalue weighted by molar-refractivity contribution is -0.114. The molecule has 3 N–H and O–H groups in total. The highest BCUT2D eigenvalue weighted by Crippen LogP contribution is 2.25. The Bertz CT molecular complexity index is 1350. The number of aromatic nitrogens is 1. The number of pyridine rings is 1. The van der Waals surface area contributed by atoms with E-state index in [0.29, 0.717) is 33.4 Å². The number of amides is 3. The number of anilines is 1. The Morgan fingerprint density at radius 1 is 0.788 bits per heavy atom. The molecule has 33 heavy (non-hydrogen) atoms. The summed E-state index contributed by atoms with van der Waals surface area (Å²) in [5, 5.41) is 3.32. The summed E-state index contributed by atoms with van der Waals surface area (Å²) in [4.78, 5) is 41.3. The molecule has 4 aromatic rings. The number of hydrogen-bond donors (Lipinski definition) is 3. The maximum atomic E-state index is 13.0. The number of para-hydroxylation sites is 1. The van der Waals surface area contributed by atoms with Crippen molar-refractivity contribution in [1.82, 2.24) is 15.8 Å². The minimum Gasteiger partial charge on any atom is -0.326 e. The number of rotatable bonds is 4. The van der Waals surface area contributed by atoms with Crippen LogP contribution in [0, 0.1) is 6.92 Å². The second-order valence-corrected chi connectivity index (χ2v) is 7.61. The van der Waals surface area contributed by atoms with Crippen LogP contribution >= 0.6 is 0 Å². The van der Waals surface area contributed by atoms with Crippen molar-refractivity contribution in [3.05, 3.63) is 95.6 Å². The number of nitrogens with one attached hydrogen (secondary N) is 3. The molecule has 0 aliphatic heterocycles. The monoisotopic (exact) mass is 438 g/mol. The third kappa shape index (κ3) is 5.04. The molecule has 3 amide bonds. The van der Waals surface area contributed by atoms with E-state index >= 15 is 0 Å². The lowest BCUT2D eigenvalue weighted by Gasteiger charge is -2.12. The van der Waals surface area contributed by atoms with Crippen LogP contribution in [-0.4, -0.2) is 22.7 Å². The van der Waals surface area contributed by atoms with Crippen molar-refractivity contribution in [2.45, 2.75) is 13.8 Å². The molecule has 0 aliphatic carbocycles. The van der Waals surface area contributed by atoms with E-state index in [2.05, 4.69) is 16.2 Å². The van der Waals surface area contributed by atoms with Gasteiger partial charge in [0.25, 0.3) is 11.8 Å². The van der Waals surface area contributed by atoms with E-state index in [4.69, 9.17) is 4.98 Å². The van der Waals surface area contributed by atoms with Crippen molar-refractivity contribution < 1.29 is 14.4 Å². The lowest BCUT2D eigenvalue weighted by atomic mass is 10.0. The Morgan fingerprint density at radius 3 is 2.15 bits per heavy atom. The Kier molecular flexibility index (Phi) is 6.13. The molecule has 0 bridgehead atoms. The summed E-state index contributed by atoms with van der Waals surface area (Å²) in [5.41, 5.74) is 9.62. The highest BCUT2D eigenvalue weighted by molar-refractivity contribution is 6.08. The summed E-state index contributed by atoms with van der Waals surface area (Å²) >= 11 is 0. The molecule has 0 aliphatic rings. The van der Waals surface area contributed by atoms with Gasteiger partial charge in [-0.3, -0.25) is 25.2 Å². The number of nitrogens with zero attached hydrogens (tertiary/aromatic N) is 1. The van der Waals surface area contributed by atoms with E-state index in [0.717, 1.165) is 11.1 Å². The molecule has 0 radical (unpaired) electrons. The number of fused-ring (bicyclic) bond motifs is 1. The zero-order valence-electron chi connectivity index (χ0n) is 18.2. The molecular formula is C26H22N4O3. The van der Waals surface area contributed by atoms with Crippen LogP contribution in [0.25, 0.3) is 22.2 Å². The Hall–Kier alpha value is -4.52. The molecule has 7 heteroatoms. The molecule has 1 heterocycles. The zero-order valence-corrected chi connectivity index (χ0v) is 18.2. The van der Waals surface area contributed by atoms with E-state index < -0.39 is 11.8 Å². The van der Waals surface area contributed by atoms with Gasteiger partial charge in [-0.15, -0.1) is 0 Å². The molecule has 164 valence electrons. The molecule has 0 saturated heterocycles. The molecule has 0 fully saturated rings. The van der Waals surface area contributed by atoms with Crippen LogP contribution in [-0.2, 0) is 4.79 Å². The van der Waals surface area contributed by atoms with Gasteiger partial charge < -0.3 is 5.32 Å². The summed E-state index contributed by atoms with van der Waals surface area (Å²) in [6.45, 7) is 3.41. The first-order valence-electron chi connectivity index (χ1n) is 10.4. The topological polar surface area (TPSA) is 100 Å². The fourth-order valence-corrected chi connectivity index (χ4v) is 3.40. The minimum absolute atomic E-state index is 0.200. The normalized spacial score (nSPS) is 10.5. The van der Waals surface area contributed by atoms with Gasteiger partial charge in [0.05, 0.1) is 16.8 Å². The van der Waals surface area contributed by atoms with Crippen molar-refractivity contribution in [3.8, 4) is 11.3 Å². The molecule has 0 atom stereocenters. The van der Waals surface area contributed by atoms with Crippen LogP contribution in [0.15, 0.2) is 78.9 Å². The average Bonchev–Trinajstić information content (AvgIpc) is 2.82. The van der Waals surface area contributed by atoms with Gasteiger partial charge in [-0.1, -0.05) is 48.0 Å². The van der Waals surface area contributed by atoms with Crippen LogP contribution in [0.4, 0.5) is 5.69 Å². The van der Waals surface area contributed by atoms with Crippen molar-refractivity contribution in [2.24, 2.45) is 0 Å². The molecule has 0 saturated carbocycles. The summed E-state index contributed by atoms with van der Waals surface area (Å²) in [5.74, 6) is -1.13. The first-order valence-corrected chi connectivity index (χ1v) is 10.4. The van der Waals surface area contributed by atoms with Crippen LogP contribution in [0.5, 0.6) is 0 Å². The third-order valence-electron chi connectivity index (χ3n) is 5.07. The van der Waals surface area contributed by atoms with Gasteiger partial charge in [0.2, 0.25) is 5.91 Å². The molecule has 4 rings (SSSR count). The predicted octanol–water partition coefficient (Wildman–Crippen LogP) is 4.24. The van der Waals surface area contributed by atoms with Crippen LogP contribution in [0.3, 0.4) is 0 Å². The predicted molar refractivity (Wildman–Crippen MR) is 128 cm³/mol. The number of hydrazine groups is 1.